The van der Waals surface area contributed by atoms with E-state index in [1.807, 2.05) is 18.7 Å². The van der Waals surface area contributed by atoms with Gasteiger partial charge >= 0.3 is 0 Å². The summed E-state index contributed by atoms with van der Waals surface area (Å²) in [5.74, 6) is -0.469. The van der Waals surface area contributed by atoms with Crippen molar-refractivity contribution in [3.8, 4) is 0 Å². The summed E-state index contributed by atoms with van der Waals surface area (Å²) in [6.45, 7) is 5.93. The number of amides is 2. The molecule has 1 fully saturated rings. The molecule has 1 aliphatic heterocycles. The number of primary amides is 1. The quantitative estimate of drug-likeness (QED) is 0.670. The lowest BCUT2D eigenvalue weighted by Crippen LogP contribution is -2.60. The van der Waals surface area contributed by atoms with Gasteiger partial charge in [-0.1, -0.05) is 13.8 Å². The average molecular weight is 257 g/mol. The van der Waals surface area contributed by atoms with E-state index in [1.165, 1.54) is 0 Å². The Bertz CT molecular complexity index is 296. The molecule has 18 heavy (non-hydrogen) atoms. The third-order valence-electron chi connectivity index (χ3n) is 3.14. The summed E-state index contributed by atoms with van der Waals surface area (Å²) >= 11 is 0. The van der Waals surface area contributed by atoms with Crippen molar-refractivity contribution in [3.63, 3.8) is 0 Å². The van der Waals surface area contributed by atoms with E-state index in [9.17, 15) is 9.59 Å². The van der Waals surface area contributed by atoms with Crippen LogP contribution in [0, 0.1) is 0 Å². The summed E-state index contributed by atoms with van der Waals surface area (Å²) in [5.41, 5.74) is 5.39. The van der Waals surface area contributed by atoms with Gasteiger partial charge in [0.1, 0.15) is 6.04 Å². The van der Waals surface area contributed by atoms with E-state index in [0.717, 1.165) is 6.42 Å². The average Bonchev–Trinajstić information content (AvgIpc) is 2.37. The molecule has 0 spiro atoms. The molecule has 2 amide bonds. The number of rotatable bonds is 6. The maximum atomic E-state index is 12.0. The fourth-order valence-electron chi connectivity index (χ4n) is 2.18. The van der Waals surface area contributed by atoms with Gasteiger partial charge in [0.25, 0.3) is 0 Å². The zero-order valence-electron chi connectivity index (χ0n) is 11.1. The molecule has 104 valence electrons. The minimum Gasteiger partial charge on any atom is -0.378 e. The van der Waals surface area contributed by atoms with Crippen molar-refractivity contribution < 1.29 is 14.3 Å². The Morgan fingerprint density at radius 1 is 1.50 bits per heavy atom. The highest BCUT2D eigenvalue weighted by Gasteiger charge is 2.35. The number of morpholine rings is 1. The third-order valence-corrected chi connectivity index (χ3v) is 3.14. The van der Waals surface area contributed by atoms with Crippen molar-refractivity contribution in [1.29, 1.82) is 0 Å². The van der Waals surface area contributed by atoms with E-state index in [0.29, 0.717) is 32.7 Å². The van der Waals surface area contributed by atoms with Crippen LogP contribution >= 0.6 is 0 Å². The monoisotopic (exact) mass is 257 g/mol. The van der Waals surface area contributed by atoms with Crippen molar-refractivity contribution in [1.82, 2.24) is 10.2 Å². The molecule has 0 bridgehead atoms. The first-order valence-corrected chi connectivity index (χ1v) is 6.52. The molecule has 2 unspecified atom stereocenters. The van der Waals surface area contributed by atoms with Crippen molar-refractivity contribution >= 4 is 11.8 Å². The molecular weight excluding hydrogens is 234 g/mol. The molecule has 3 N–H and O–H groups in total. The Labute approximate surface area is 108 Å². The van der Waals surface area contributed by atoms with Crippen LogP contribution in [-0.2, 0) is 14.3 Å². The molecule has 6 nitrogen and oxygen atoms in total. The Morgan fingerprint density at radius 3 is 2.78 bits per heavy atom. The first kappa shape index (κ1) is 14.9. The number of nitrogens with zero attached hydrogens (tertiary/aromatic N) is 1. The van der Waals surface area contributed by atoms with Crippen LogP contribution in [0.25, 0.3) is 0 Å². The molecule has 1 rings (SSSR count). The second kappa shape index (κ2) is 7.33. The number of carbonyl (C=O) groups is 2. The molecule has 0 aliphatic carbocycles. The van der Waals surface area contributed by atoms with Gasteiger partial charge in [-0.25, -0.2) is 0 Å². The maximum absolute atomic E-state index is 12.0. The number of hydrogen-bond acceptors (Lipinski definition) is 4. The van der Waals surface area contributed by atoms with E-state index in [1.54, 1.807) is 0 Å². The topological polar surface area (TPSA) is 84.7 Å². The molecule has 2 atom stereocenters. The summed E-state index contributed by atoms with van der Waals surface area (Å²) in [4.78, 5) is 25.3. The molecule has 1 saturated heterocycles. The molecule has 0 radical (unpaired) electrons. The fraction of sp³-hybridized carbons (Fsp3) is 0.833. The minimum absolute atomic E-state index is 0.0868. The molecule has 1 heterocycles. The van der Waals surface area contributed by atoms with Crippen LogP contribution in [0.2, 0.25) is 0 Å². The lowest BCUT2D eigenvalue weighted by Gasteiger charge is -2.38. The van der Waals surface area contributed by atoms with Crippen LogP contribution in [0.5, 0.6) is 0 Å². The van der Waals surface area contributed by atoms with Crippen molar-refractivity contribution in [3.05, 3.63) is 0 Å². The van der Waals surface area contributed by atoms with Gasteiger partial charge in [0.15, 0.2) is 0 Å². The van der Waals surface area contributed by atoms with Crippen molar-refractivity contribution in [2.45, 2.75) is 38.8 Å². The van der Waals surface area contributed by atoms with Crippen LogP contribution in [0.1, 0.15) is 26.7 Å². The van der Waals surface area contributed by atoms with Gasteiger partial charge in [-0.05, 0) is 12.8 Å². The Morgan fingerprint density at radius 2 is 2.22 bits per heavy atom. The van der Waals surface area contributed by atoms with Crippen LogP contribution in [0.3, 0.4) is 0 Å². The van der Waals surface area contributed by atoms with Gasteiger partial charge in [0.2, 0.25) is 11.8 Å². The SMILES string of the molecule is CCCNC(=O)C1COCCN1C(CC)C(N)=O. The van der Waals surface area contributed by atoms with Crippen LogP contribution < -0.4 is 11.1 Å². The first-order valence-electron chi connectivity index (χ1n) is 6.52. The standard InChI is InChI=1S/C12H23N3O3/c1-3-5-14-12(17)10-8-18-7-6-15(10)9(4-2)11(13)16/h9-10H,3-8H2,1-2H3,(H2,13,16)(H,14,17). The van der Waals surface area contributed by atoms with Gasteiger partial charge in [-0.2, -0.15) is 0 Å². The predicted octanol–water partition coefficient (Wildman–Crippen LogP) is -0.523. The van der Waals surface area contributed by atoms with Crippen LogP contribution in [0.4, 0.5) is 0 Å². The van der Waals surface area contributed by atoms with Gasteiger partial charge < -0.3 is 15.8 Å². The number of ether oxygens (including phenoxy) is 1. The number of nitrogens with one attached hydrogen (secondary N) is 1. The highest BCUT2D eigenvalue weighted by atomic mass is 16.5. The third kappa shape index (κ3) is 3.68. The number of hydrogen-bond donors (Lipinski definition) is 2. The maximum Gasteiger partial charge on any atom is 0.239 e. The fourth-order valence-corrected chi connectivity index (χ4v) is 2.18. The van der Waals surface area contributed by atoms with E-state index in [2.05, 4.69) is 5.32 Å². The molecular formula is C12H23N3O3. The minimum atomic E-state index is -0.414. The van der Waals surface area contributed by atoms with Gasteiger partial charge in [0, 0.05) is 13.1 Å². The van der Waals surface area contributed by atoms with E-state index in [4.69, 9.17) is 10.5 Å². The molecule has 0 aromatic rings. The molecule has 0 aromatic heterocycles. The lowest BCUT2D eigenvalue weighted by molar-refractivity contribution is -0.139. The predicted molar refractivity (Wildman–Crippen MR) is 67.9 cm³/mol. The molecule has 1 aliphatic rings. The van der Waals surface area contributed by atoms with Gasteiger partial charge in [0.05, 0.1) is 19.3 Å². The van der Waals surface area contributed by atoms with E-state index in [-0.39, 0.29) is 11.8 Å². The van der Waals surface area contributed by atoms with Crippen LogP contribution in [-0.4, -0.2) is 55.1 Å². The lowest BCUT2D eigenvalue weighted by atomic mass is 10.1. The number of carbonyl (C=O) groups excluding carboxylic acids is 2. The van der Waals surface area contributed by atoms with Crippen LogP contribution in [0.15, 0.2) is 0 Å². The normalized spacial score (nSPS) is 22.4. The summed E-state index contributed by atoms with van der Waals surface area (Å²) in [7, 11) is 0. The zero-order valence-corrected chi connectivity index (χ0v) is 11.1. The van der Waals surface area contributed by atoms with E-state index >= 15 is 0 Å². The summed E-state index contributed by atoms with van der Waals surface area (Å²) in [5, 5.41) is 2.84. The highest BCUT2D eigenvalue weighted by Crippen LogP contribution is 2.14. The molecule has 6 heteroatoms. The summed E-state index contributed by atoms with van der Waals surface area (Å²) < 4.78 is 5.33. The smallest absolute Gasteiger partial charge is 0.239 e. The summed E-state index contributed by atoms with van der Waals surface area (Å²) in [6, 6.07) is -0.811. The molecule has 0 aromatic carbocycles. The summed E-state index contributed by atoms with van der Waals surface area (Å²) in [6.07, 6.45) is 1.49. The zero-order chi connectivity index (χ0) is 13.5. The number of nitrogens with two attached hydrogens (primary N) is 1. The largest absolute Gasteiger partial charge is 0.378 e. The van der Waals surface area contributed by atoms with E-state index < -0.39 is 12.1 Å². The second-order valence-electron chi connectivity index (χ2n) is 4.45. The first-order chi connectivity index (χ1) is 8.61. The van der Waals surface area contributed by atoms with Crippen molar-refractivity contribution in [2.24, 2.45) is 5.73 Å². The Hall–Kier alpha value is -1.14. The molecule has 0 saturated carbocycles. The Kier molecular flexibility index (Phi) is 6.07. The van der Waals surface area contributed by atoms with Gasteiger partial charge in [-0.15, -0.1) is 0 Å². The second-order valence-corrected chi connectivity index (χ2v) is 4.45. The van der Waals surface area contributed by atoms with Crippen molar-refractivity contribution in [2.75, 3.05) is 26.3 Å². The Balaban J connectivity index is 2.72. The van der Waals surface area contributed by atoms with Gasteiger partial charge in [-0.3, -0.25) is 14.5 Å². The highest BCUT2D eigenvalue weighted by molar-refractivity contribution is 5.84.